The van der Waals surface area contributed by atoms with Crippen molar-refractivity contribution in [1.29, 1.82) is 0 Å². The van der Waals surface area contributed by atoms with E-state index in [4.69, 9.17) is 22.1 Å². The third kappa shape index (κ3) is 3.09. The zero-order chi connectivity index (χ0) is 17.3. The van der Waals surface area contributed by atoms with Crippen LogP contribution in [0, 0.1) is 0 Å². The first-order valence-corrected chi connectivity index (χ1v) is 7.55. The molecule has 0 aliphatic carbocycles. The number of nitrogens with zero attached hydrogens (tertiary/aromatic N) is 2. The monoisotopic (exact) mass is 347 g/mol. The van der Waals surface area contributed by atoms with Crippen LogP contribution in [-0.2, 0) is 11.2 Å². The third-order valence-electron chi connectivity index (χ3n) is 3.36. The predicted molar refractivity (Wildman–Crippen MR) is 88.8 cm³/mol. The number of carbonyl (C=O) groups excluding carboxylic acids is 2. The van der Waals surface area contributed by atoms with Crippen molar-refractivity contribution in [3.63, 3.8) is 0 Å². The number of nitrogens with two attached hydrogens (primary N) is 1. The van der Waals surface area contributed by atoms with Crippen molar-refractivity contribution in [1.82, 2.24) is 9.97 Å². The van der Waals surface area contributed by atoms with E-state index in [0.717, 1.165) is 0 Å². The van der Waals surface area contributed by atoms with Gasteiger partial charge >= 0.3 is 0 Å². The van der Waals surface area contributed by atoms with Gasteiger partial charge < -0.3 is 21.1 Å². The number of hydrogen-bond acceptors (Lipinski definition) is 6. The molecule has 2 heterocycles. The van der Waals surface area contributed by atoms with Gasteiger partial charge in [0.15, 0.2) is 23.3 Å². The summed E-state index contributed by atoms with van der Waals surface area (Å²) in [4.78, 5) is 31.3. The van der Waals surface area contributed by atoms with Gasteiger partial charge in [0.1, 0.15) is 5.75 Å². The zero-order valence-corrected chi connectivity index (χ0v) is 13.5. The summed E-state index contributed by atoms with van der Waals surface area (Å²) in [5, 5.41) is 5.83. The van der Waals surface area contributed by atoms with Crippen LogP contribution in [0.3, 0.4) is 0 Å². The summed E-state index contributed by atoms with van der Waals surface area (Å²) in [6.07, 6.45) is 0.522. The molecule has 1 aliphatic heterocycles. The molecule has 2 aromatic rings. The van der Waals surface area contributed by atoms with Crippen molar-refractivity contribution in [2.45, 2.75) is 13.3 Å². The molecule has 0 unspecified atom stereocenters. The Bertz CT molecular complexity index is 840. The van der Waals surface area contributed by atoms with E-state index in [1.165, 1.54) is 0 Å². The molecule has 1 aromatic heterocycles. The van der Waals surface area contributed by atoms with E-state index in [1.807, 2.05) is 6.92 Å². The zero-order valence-electron chi connectivity index (χ0n) is 12.7. The smallest absolute Gasteiger partial charge is 0.271 e. The maximum atomic E-state index is 11.6. The van der Waals surface area contributed by atoms with Crippen LogP contribution in [0.15, 0.2) is 18.2 Å². The summed E-state index contributed by atoms with van der Waals surface area (Å²) in [6, 6.07) is 5.06. The number of aromatic nitrogens is 2. The van der Waals surface area contributed by atoms with E-state index in [-0.39, 0.29) is 29.2 Å². The van der Waals surface area contributed by atoms with Gasteiger partial charge in [0, 0.05) is 5.69 Å². The Hall–Kier alpha value is -2.87. The maximum absolute atomic E-state index is 11.6. The number of halogens is 1. The fourth-order valence-corrected chi connectivity index (χ4v) is 2.49. The van der Waals surface area contributed by atoms with Crippen LogP contribution < -0.4 is 21.1 Å². The number of aryl methyl sites for hydroxylation is 1. The molecule has 1 aliphatic rings. The Morgan fingerprint density at radius 1 is 1.46 bits per heavy atom. The number of carbonyl (C=O) groups is 2. The summed E-state index contributed by atoms with van der Waals surface area (Å²) in [5.74, 6) is -0.257. The molecular weight excluding hydrogens is 334 g/mol. The maximum Gasteiger partial charge on any atom is 0.271 e. The predicted octanol–water partition coefficient (Wildman–Crippen LogP) is 1.87. The van der Waals surface area contributed by atoms with E-state index in [0.29, 0.717) is 29.2 Å². The molecule has 0 saturated carbocycles. The highest BCUT2D eigenvalue weighted by atomic mass is 35.5. The van der Waals surface area contributed by atoms with Crippen molar-refractivity contribution >= 4 is 40.6 Å². The SMILES string of the molecule is CCc1nc(C(N)=O)c(Nc2ccc3c(c2)NC(=O)CO3)nc1Cl. The minimum absolute atomic E-state index is 0.00532. The molecule has 0 saturated heterocycles. The lowest BCUT2D eigenvalue weighted by atomic mass is 10.2. The van der Waals surface area contributed by atoms with Crippen LogP contribution in [0.5, 0.6) is 5.75 Å². The number of fused-ring (bicyclic) bond motifs is 1. The number of anilines is 3. The lowest BCUT2D eigenvalue weighted by molar-refractivity contribution is -0.118. The van der Waals surface area contributed by atoms with E-state index in [9.17, 15) is 9.59 Å². The molecule has 2 amide bonds. The average Bonchev–Trinajstić information content (AvgIpc) is 2.54. The molecule has 124 valence electrons. The number of benzene rings is 1. The number of rotatable bonds is 4. The molecule has 3 rings (SSSR count). The molecule has 0 fully saturated rings. The molecule has 0 spiro atoms. The summed E-state index contributed by atoms with van der Waals surface area (Å²) in [5.41, 5.74) is 6.93. The molecule has 24 heavy (non-hydrogen) atoms. The van der Waals surface area contributed by atoms with Crippen LogP contribution in [0.4, 0.5) is 17.2 Å². The van der Waals surface area contributed by atoms with Gasteiger partial charge in [-0.3, -0.25) is 9.59 Å². The summed E-state index contributed by atoms with van der Waals surface area (Å²) in [7, 11) is 0. The van der Waals surface area contributed by atoms with Crippen molar-refractivity contribution < 1.29 is 14.3 Å². The second-order valence-electron chi connectivity index (χ2n) is 5.05. The molecule has 4 N–H and O–H groups in total. The minimum Gasteiger partial charge on any atom is -0.482 e. The van der Waals surface area contributed by atoms with Crippen molar-refractivity contribution in [2.24, 2.45) is 5.73 Å². The van der Waals surface area contributed by atoms with Crippen molar-refractivity contribution in [2.75, 3.05) is 17.2 Å². The van der Waals surface area contributed by atoms with Gasteiger partial charge in [-0.05, 0) is 24.6 Å². The molecular formula is C15H14ClN5O3. The standard InChI is InChI=1S/C15H14ClN5O3/c1-2-8-13(16)21-15(12(20-8)14(17)23)18-7-3-4-10-9(5-7)19-11(22)6-24-10/h3-5H,2,6H2,1H3,(H2,17,23)(H,18,21)(H,19,22). The molecule has 1 aromatic carbocycles. The molecule has 8 nitrogen and oxygen atoms in total. The van der Waals surface area contributed by atoms with Gasteiger partial charge in [0.2, 0.25) is 0 Å². The van der Waals surface area contributed by atoms with Crippen LogP contribution in [0.25, 0.3) is 0 Å². The number of primary amides is 1. The lowest BCUT2D eigenvalue weighted by Crippen LogP contribution is -2.25. The quantitative estimate of drug-likeness (QED) is 0.776. The summed E-state index contributed by atoms with van der Waals surface area (Å²) < 4.78 is 5.29. The lowest BCUT2D eigenvalue weighted by Gasteiger charge is -2.19. The minimum atomic E-state index is -0.717. The first-order valence-electron chi connectivity index (χ1n) is 7.18. The normalized spacial score (nSPS) is 12.8. The Morgan fingerprint density at radius 2 is 2.25 bits per heavy atom. The molecule has 0 bridgehead atoms. The highest BCUT2D eigenvalue weighted by Gasteiger charge is 2.19. The Balaban J connectivity index is 1.96. The Labute approximate surface area is 142 Å². The van der Waals surface area contributed by atoms with Crippen LogP contribution in [0.2, 0.25) is 5.15 Å². The van der Waals surface area contributed by atoms with E-state index >= 15 is 0 Å². The molecule has 0 atom stereocenters. The highest BCUT2D eigenvalue weighted by Crippen LogP contribution is 2.32. The number of nitrogens with one attached hydrogen (secondary N) is 2. The van der Waals surface area contributed by atoms with Crippen molar-refractivity contribution in [3.05, 3.63) is 34.7 Å². The summed E-state index contributed by atoms with van der Waals surface area (Å²) >= 11 is 6.06. The van der Waals surface area contributed by atoms with Gasteiger partial charge in [-0.25, -0.2) is 9.97 Å². The van der Waals surface area contributed by atoms with Crippen LogP contribution >= 0.6 is 11.6 Å². The number of hydrogen-bond donors (Lipinski definition) is 3. The van der Waals surface area contributed by atoms with E-state index < -0.39 is 5.91 Å². The first-order chi connectivity index (χ1) is 11.5. The van der Waals surface area contributed by atoms with E-state index in [2.05, 4.69) is 20.6 Å². The topological polar surface area (TPSA) is 119 Å². The Morgan fingerprint density at radius 3 is 2.96 bits per heavy atom. The second kappa shape index (κ2) is 6.32. The number of amides is 2. The van der Waals surface area contributed by atoms with Gasteiger partial charge in [0.25, 0.3) is 11.8 Å². The van der Waals surface area contributed by atoms with Gasteiger partial charge in [-0.2, -0.15) is 0 Å². The van der Waals surface area contributed by atoms with E-state index in [1.54, 1.807) is 18.2 Å². The Kier molecular flexibility index (Phi) is 4.22. The highest BCUT2D eigenvalue weighted by molar-refractivity contribution is 6.30. The largest absolute Gasteiger partial charge is 0.482 e. The summed E-state index contributed by atoms with van der Waals surface area (Å²) in [6.45, 7) is 1.82. The average molecular weight is 348 g/mol. The number of ether oxygens (including phenoxy) is 1. The van der Waals surface area contributed by atoms with Gasteiger partial charge in [-0.1, -0.05) is 18.5 Å². The fraction of sp³-hybridized carbons (Fsp3) is 0.200. The first kappa shape index (κ1) is 16.0. The second-order valence-corrected chi connectivity index (χ2v) is 5.41. The molecule has 0 radical (unpaired) electrons. The molecule has 9 heteroatoms. The van der Waals surface area contributed by atoms with Gasteiger partial charge in [-0.15, -0.1) is 0 Å². The third-order valence-corrected chi connectivity index (χ3v) is 3.67. The van der Waals surface area contributed by atoms with Crippen molar-refractivity contribution in [3.8, 4) is 5.75 Å². The van der Waals surface area contributed by atoms with Crippen LogP contribution in [0.1, 0.15) is 23.1 Å². The fourth-order valence-electron chi connectivity index (χ4n) is 2.23. The van der Waals surface area contributed by atoms with Gasteiger partial charge in [0.05, 0.1) is 11.4 Å². The van der Waals surface area contributed by atoms with Crippen LogP contribution in [-0.4, -0.2) is 28.4 Å².